The number of amides is 2. The van der Waals surface area contributed by atoms with Gasteiger partial charge in [0.1, 0.15) is 34.8 Å². The summed E-state index contributed by atoms with van der Waals surface area (Å²) in [7, 11) is 1.18. The zero-order valence-electron chi connectivity index (χ0n) is 14.4. The van der Waals surface area contributed by atoms with Crippen molar-refractivity contribution in [3.63, 3.8) is 0 Å². The lowest BCUT2D eigenvalue weighted by Crippen LogP contribution is -2.39. The number of ether oxygens (including phenoxy) is 3. The van der Waals surface area contributed by atoms with Gasteiger partial charge >= 0.3 is 12.1 Å². The van der Waals surface area contributed by atoms with Gasteiger partial charge in [0.25, 0.3) is 0 Å². The molecule has 0 aromatic heterocycles. The average molecular weight is 349 g/mol. The maximum absolute atomic E-state index is 12.5. The van der Waals surface area contributed by atoms with Gasteiger partial charge in [-0.1, -0.05) is 0 Å². The van der Waals surface area contributed by atoms with E-state index in [9.17, 15) is 19.5 Å². The first-order valence-electron chi connectivity index (χ1n) is 7.80. The number of hydrogen-bond acceptors (Lipinski definition) is 7. The van der Waals surface area contributed by atoms with Gasteiger partial charge in [0, 0.05) is 5.56 Å². The molecule has 0 bridgehead atoms. The van der Waals surface area contributed by atoms with Crippen LogP contribution in [0.15, 0.2) is 12.1 Å². The molecule has 8 heteroatoms. The van der Waals surface area contributed by atoms with Gasteiger partial charge in [-0.05, 0) is 32.9 Å². The highest BCUT2D eigenvalue weighted by Crippen LogP contribution is 2.49. The SMILES string of the molecule is COC(=O)c1c(O)ccc2c1[C@@H]1[C@@H](CC(=O)N1C(=O)OC(C)(C)C)O2. The molecule has 0 unspecified atom stereocenters. The summed E-state index contributed by atoms with van der Waals surface area (Å²) < 4.78 is 15.7. The fourth-order valence-electron chi connectivity index (χ4n) is 3.12. The van der Waals surface area contributed by atoms with Crippen molar-refractivity contribution in [1.82, 2.24) is 4.90 Å². The number of likely N-dealkylation sites (tertiary alicyclic amines) is 1. The van der Waals surface area contributed by atoms with E-state index in [-0.39, 0.29) is 23.3 Å². The molecular formula is C17H19NO7. The van der Waals surface area contributed by atoms with Crippen LogP contribution in [0.3, 0.4) is 0 Å². The second kappa shape index (κ2) is 5.65. The molecule has 0 radical (unpaired) electrons. The first-order valence-corrected chi connectivity index (χ1v) is 7.80. The number of nitrogens with zero attached hydrogens (tertiary/aromatic N) is 1. The van der Waals surface area contributed by atoms with E-state index < -0.39 is 35.7 Å². The van der Waals surface area contributed by atoms with Crippen LogP contribution in [0.1, 0.15) is 49.2 Å². The summed E-state index contributed by atoms with van der Waals surface area (Å²) in [6.07, 6.45) is -1.49. The zero-order valence-corrected chi connectivity index (χ0v) is 14.4. The molecule has 2 amide bonds. The summed E-state index contributed by atoms with van der Waals surface area (Å²) >= 11 is 0. The number of carbonyl (C=O) groups is 3. The number of imide groups is 1. The minimum Gasteiger partial charge on any atom is -0.507 e. The molecule has 1 aromatic carbocycles. The van der Waals surface area contributed by atoms with Crippen molar-refractivity contribution in [2.24, 2.45) is 0 Å². The van der Waals surface area contributed by atoms with Crippen LogP contribution in [0.2, 0.25) is 0 Å². The number of esters is 1. The fourth-order valence-corrected chi connectivity index (χ4v) is 3.12. The topological polar surface area (TPSA) is 102 Å². The molecule has 2 atom stereocenters. The summed E-state index contributed by atoms with van der Waals surface area (Å²) in [4.78, 5) is 37.9. The van der Waals surface area contributed by atoms with Crippen LogP contribution in [0, 0.1) is 0 Å². The molecule has 2 aliphatic heterocycles. The third-order valence-electron chi connectivity index (χ3n) is 4.01. The predicted octanol–water partition coefficient (Wildman–Crippen LogP) is 2.15. The molecule has 0 spiro atoms. The number of hydrogen-bond donors (Lipinski definition) is 1. The van der Waals surface area contributed by atoms with Gasteiger partial charge in [0.15, 0.2) is 0 Å². The second-order valence-electron chi connectivity index (χ2n) is 6.91. The first kappa shape index (κ1) is 17.1. The monoisotopic (exact) mass is 349 g/mol. The Morgan fingerprint density at radius 2 is 2.00 bits per heavy atom. The van der Waals surface area contributed by atoms with Gasteiger partial charge in [-0.15, -0.1) is 0 Å². The highest BCUT2D eigenvalue weighted by molar-refractivity contribution is 5.99. The van der Waals surface area contributed by atoms with Crippen LogP contribution in [-0.4, -0.2) is 46.8 Å². The van der Waals surface area contributed by atoms with E-state index in [1.54, 1.807) is 20.8 Å². The molecular weight excluding hydrogens is 330 g/mol. The number of fused-ring (bicyclic) bond motifs is 3. The van der Waals surface area contributed by atoms with Crippen LogP contribution in [-0.2, 0) is 14.3 Å². The maximum Gasteiger partial charge on any atom is 0.417 e. The second-order valence-corrected chi connectivity index (χ2v) is 6.91. The molecule has 2 aliphatic rings. The molecule has 0 saturated carbocycles. The van der Waals surface area contributed by atoms with Gasteiger partial charge in [-0.25, -0.2) is 14.5 Å². The Balaban J connectivity index is 2.08. The molecule has 25 heavy (non-hydrogen) atoms. The molecule has 1 saturated heterocycles. The molecule has 1 fully saturated rings. The normalized spacial score (nSPS) is 21.4. The highest BCUT2D eigenvalue weighted by Gasteiger charge is 2.53. The van der Waals surface area contributed by atoms with E-state index >= 15 is 0 Å². The van der Waals surface area contributed by atoms with E-state index in [2.05, 4.69) is 0 Å². The summed E-state index contributed by atoms with van der Waals surface area (Å²) in [5, 5.41) is 10.1. The molecule has 8 nitrogen and oxygen atoms in total. The Labute approximate surface area is 144 Å². The minimum absolute atomic E-state index is 0.0278. The van der Waals surface area contributed by atoms with Crippen molar-refractivity contribution in [1.29, 1.82) is 0 Å². The molecule has 1 aromatic rings. The predicted molar refractivity (Wildman–Crippen MR) is 84.3 cm³/mol. The Kier molecular flexibility index (Phi) is 3.85. The van der Waals surface area contributed by atoms with Crippen LogP contribution in [0.25, 0.3) is 0 Å². The molecule has 134 valence electrons. The molecule has 3 rings (SSSR count). The van der Waals surface area contributed by atoms with Gasteiger partial charge in [0.05, 0.1) is 13.5 Å². The smallest absolute Gasteiger partial charge is 0.417 e. The lowest BCUT2D eigenvalue weighted by molar-refractivity contribution is -0.128. The minimum atomic E-state index is -0.849. The largest absolute Gasteiger partial charge is 0.507 e. The van der Waals surface area contributed by atoms with Crippen LogP contribution < -0.4 is 4.74 Å². The van der Waals surface area contributed by atoms with Crippen molar-refractivity contribution < 1.29 is 33.7 Å². The van der Waals surface area contributed by atoms with Crippen molar-refractivity contribution in [2.75, 3.05) is 7.11 Å². The average Bonchev–Trinajstić information content (AvgIpc) is 2.99. The lowest BCUT2D eigenvalue weighted by Gasteiger charge is -2.27. The summed E-state index contributed by atoms with van der Waals surface area (Å²) in [6.45, 7) is 5.06. The molecule has 1 N–H and O–H groups in total. The number of aromatic hydroxyl groups is 1. The Morgan fingerprint density at radius 1 is 1.32 bits per heavy atom. The molecule has 2 heterocycles. The maximum atomic E-state index is 12.5. The number of rotatable bonds is 1. The third kappa shape index (κ3) is 2.77. The van der Waals surface area contributed by atoms with E-state index in [1.807, 2.05) is 0 Å². The Hall–Kier alpha value is -2.77. The van der Waals surface area contributed by atoms with Gasteiger partial charge < -0.3 is 19.3 Å². The Morgan fingerprint density at radius 3 is 2.60 bits per heavy atom. The number of benzene rings is 1. The quantitative estimate of drug-likeness (QED) is 0.775. The fraction of sp³-hybridized carbons (Fsp3) is 0.471. The summed E-state index contributed by atoms with van der Waals surface area (Å²) in [6, 6.07) is 1.96. The van der Waals surface area contributed by atoms with E-state index in [0.717, 1.165) is 4.90 Å². The van der Waals surface area contributed by atoms with E-state index in [0.29, 0.717) is 5.75 Å². The van der Waals surface area contributed by atoms with Crippen molar-refractivity contribution in [2.45, 2.75) is 44.9 Å². The Bertz CT molecular complexity index is 765. The summed E-state index contributed by atoms with van der Waals surface area (Å²) in [5.74, 6) is -1.22. The first-order chi connectivity index (χ1) is 11.6. The van der Waals surface area contributed by atoms with Gasteiger partial charge in [-0.2, -0.15) is 0 Å². The van der Waals surface area contributed by atoms with Crippen LogP contribution >= 0.6 is 0 Å². The molecule has 0 aliphatic carbocycles. The standard InChI is InChI=1S/C17H19NO7/c1-17(2,3)25-16(22)18-11(20)7-10-14(18)13-9(24-10)6-5-8(19)12(13)15(21)23-4/h5-6,10,14,19H,7H2,1-4H3/t10-,14+/m1/s1. The van der Waals surface area contributed by atoms with Crippen LogP contribution in [0.5, 0.6) is 11.5 Å². The van der Waals surface area contributed by atoms with Crippen molar-refractivity contribution in [3.05, 3.63) is 23.3 Å². The number of phenols is 1. The third-order valence-corrected chi connectivity index (χ3v) is 4.01. The van der Waals surface area contributed by atoms with Crippen molar-refractivity contribution >= 4 is 18.0 Å². The van der Waals surface area contributed by atoms with Gasteiger partial charge in [-0.3, -0.25) is 4.79 Å². The van der Waals surface area contributed by atoms with Crippen LogP contribution in [0.4, 0.5) is 4.79 Å². The summed E-state index contributed by atoms with van der Waals surface area (Å²) in [5.41, 5.74) is -0.647. The highest BCUT2D eigenvalue weighted by atomic mass is 16.6. The number of phenolic OH excluding ortho intramolecular Hbond substituents is 1. The van der Waals surface area contributed by atoms with Crippen molar-refractivity contribution in [3.8, 4) is 11.5 Å². The number of carbonyl (C=O) groups excluding carboxylic acids is 3. The van der Waals surface area contributed by atoms with E-state index in [4.69, 9.17) is 14.2 Å². The zero-order chi connectivity index (χ0) is 18.5. The number of methoxy groups -OCH3 is 1. The van der Waals surface area contributed by atoms with Gasteiger partial charge in [0.2, 0.25) is 5.91 Å². The van der Waals surface area contributed by atoms with E-state index in [1.165, 1.54) is 19.2 Å². The lowest BCUT2D eigenvalue weighted by atomic mass is 9.97.